The average Bonchev–Trinajstić information content (AvgIpc) is 2.61. The largest absolute Gasteiger partial charge is 0.481 e. The van der Waals surface area contributed by atoms with Gasteiger partial charge in [0, 0.05) is 11.5 Å². The fourth-order valence-corrected chi connectivity index (χ4v) is 2.40. The summed E-state index contributed by atoms with van der Waals surface area (Å²) in [4.78, 5) is 58.5. The number of amides is 3. The van der Waals surface area contributed by atoms with E-state index < -0.39 is 66.2 Å². The number of aliphatic carboxylic acids is 2. The van der Waals surface area contributed by atoms with Crippen LogP contribution in [0.15, 0.2) is 0 Å². The number of nitrogens with one attached hydrogen (secondary N) is 3. The lowest BCUT2D eigenvalue weighted by Gasteiger charge is -2.26. The molecule has 0 radical (unpaired) electrons. The third-order valence-corrected chi connectivity index (χ3v) is 4.35. The fraction of sp³-hybridized carbons (Fsp3) is 0.667. The van der Waals surface area contributed by atoms with Crippen molar-refractivity contribution in [1.82, 2.24) is 16.0 Å². The molecule has 0 saturated heterocycles. The molecule has 7 N–H and O–H groups in total. The van der Waals surface area contributed by atoms with Gasteiger partial charge in [-0.3, -0.25) is 19.2 Å². The highest BCUT2D eigenvalue weighted by Crippen LogP contribution is 2.05. The monoisotopic (exact) mass is 438 g/mol. The van der Waals surface area contributed by atoms with E-state index in [9.17, 15) is 24.0 Å². The Bertz CT molecular complexity index is 603. The number of nitrogens with two attached hydrogens (primary N) is 1. The van der Waals surface area contributed by atoms with Crippen molar-refractivity contribution in [2.75, 3.05) is 11.5 Å². The maximum absolute atomic E-state index is 12.4. The van der Waals surface area contributed by atoms with Crippen molar-refractivity contribution >= 4 is 54.9 Å². The van der Waals surface area contributed by atoms with Crippen LogP contribution in [0.25, 0.3) is 0 Å². The van der Waals surface area contributed by atoms with Crippen LogP contribution in [0, 0.1) is 5.92 Å². The van der Waals surface area contributed by atoms with E-state index in [1.165, 1.54) is 0 Å². The van der Waals surface area contributed by atoms with Crippen LogP contribution in [-0.4, -0.2) is 75.5 Å². The third-order valence-electron chi connectivity index (χ3n) is 3.59. The molecule has 0 aromatic rings. The highest BCUT2D eigenvalue weighted by molar-refractivity contribution is 7.80. The number of rotatable bonds is 12. The summed E-state index contributed by atoms with van der Waals surface area (Å²) in [5.74, 6) is -5.63. The highest BCUT2D eigenvalue weighted by Gasteiger charge is 2.32. The molecule has 0 aromatic heterocycles. The highest BCUT2D eigenvalue weighted by atomic mass is 32.1. The van der Waals surface area contributed by atoms with Gasteiger partial charge in [0.05, 0.1) is 12.5 Å². The van der Waals surface area contributed by atoms with Crippen molar-refractivity contribution in [3.63, 3.8) is 0 Å². The Hall–Kier alpha value is -1.99. The van der Waals surface area contributed by atoms with E-state index in [-0.39, 0.29) is 11.5 Å². The smallest absolute Gasteiger partial charge is 0.326 e. The normalized spacial score (nSPS) is 15.1. The summed E-state index contributed by atoms with van der Waals surface area (Å²) in [6.07, 6.45) is -0.823. The minimum Gasteiger partial charge on any atom is -0.481 e. The Morgan fingerprint density at radius 2 is 1.39 bits per heavy atom. The number of hydrogen-bond acceptors (Lipinski definition) is 8. The maximum Gasteiger partial charge on any atom is 0.326 e. The number of hydrogen-bond donors (Lipinski definition) is 8. The second-order valence-electron chi connectivity index (χ2n) is 6.26. The van der Waals surface area contributed by atoms with E-state index in [4.69, 9.17) is 15.9 Å². The molecule has 0 aromatic carbocycles. The molecular formula is C15H26N4O7S2. The molecular weight excluding hydrogens is 412 g/mol. The Morgan fingerprint density at radius 1 is 0.857 bits per heavy atom. The molecule has 11 nitrogen and oxygen atoms in total. The van der Waals surface area contributed by atoms with E-state index in [0.717, 1.165) is 0 Å². The molecule has 0 aliphatic rings. The van der Waals surface area contributed by atoms with Gasteiger partial charge < -0.3 is 31.9 Å². The summed E-state index contributed by atoms with van der Waals surface area (Å²) in [6, 6.07) is -4.85. The lowest BCUT2D eigenvalue weighted by molar-refractivity contribution is -0.147. The van der Waals surface area contributed by atoms with Crippen LogP contribution < -0.4 is 21.7 Å². The van der Waals surface area contributed by atoms with Crippen LogP contribution in [-0.2, 0) is 24.0 Å². The zero-order valence-electron chi connectivity index (χ0n) is 15.4. The van der Waals surface area contributed by atoms with Gasteiger partial charge >= 0.3 is 11.9 Å². The van der Waals surface area contributed by atoms with Crippen molar-refractivity contribution in [3.05, 3.63) is 0 Å². The van der Waals surface area contributed by atoms with Gasteiger partial charge in [-0.05, 0) is 5.92 Å². The molecule has 0 aliphatic carbocycles. The van der Waals surface area contributed by atoms with Gasteiger partial charge in [-0.25, -0.2) is 4.79 Å². The maximum atomic E-state index is 12.4. The minimum atomic E-state index is -1.66. The first-order chi connectivity index (χ1) is 12.9. The number of carbonyl (C=O) groups excluding carboxylic acids is 3. The fourth-order valence-electron chi connectivity index (χ4n) is 1.98. The molecule has 0 aliphatic heterocycles. The van der Waals surface area contributed by atoms with Crippen LogP contribution in [0.1, 0.15) is 20.3 Å². The van der Waals surface area contributed by atoms with E-state index in [1.807, 2.05) is 0 Å². The van der Waals surface area contributed by atoms with Gasteiger partial charge in [0.2, 0.25) is 17.7 Å². The number of carboxylic acid groups (broad SMARTS) is 2. The Kier molecular flexibility index (Phi) is 11.6. The van der Waals surface area contributed by atoms with Crippen LogP contribution >= 0.6 is 25.3 Å². The molecule has 4 unspecified atom stereocenters. The van der Waals surface area contributed by atoms with Crippen molar-refractivity contribution in [2.24, 2.45) is 11.7 Å². The first-order valence-electron chi connectivity index (χ1n) is 8.27. The number of carbonyl (C=O) groups is 5. The molecule has 0 spiro atoms. The van der Waals surface area contributed by atoms with Crippen LogP contribution in [0.4, 0.5) is 0 Å². The summed E-state index contributed by atoms with van der Waals surface area (Å²) < 4.78 is 0. The van der Waals surface area contributed by atoms with E-state index in [2.05, 4.69) is 41.2 Å². The summed E-state index contributed by atoms with van der Waals surface area (Å²) in [5.41, 5.74) is 5.53. The molecule has 0 saturated carbocycles. The molecule has 4 atom stereocenters. The molecule has 160 valence electrons. The van der Waals surface area contributed by atoms with Crippen molar-refractivity contribution in [1.29, 1.82) is 0 Å². The first-order valence-corrected chi connectivity index (χ1v) is 9.54. The predicted octanol–water partition coefficient (Wildman–Crippen LogP) is -2.16. The predicted molar refractivity (Wildman–Crippen MR) is 106 cm³/mol. The van der Waals surface area contributed by atoms with Gasteiger partial charge in [-0.15, -0.1) is 0 Å². The second-order valence-corrected chi connectivity index (χ2v) is 6.99. The zero-order chi connectivity index (χ0) is 22.0. The summed E-state index contributed by atoms with van der Waals surface area (Å²) in [6.45, 7) is 3.20. The molecule has 3 amide bonds. The SMILES string of the molecule is CC(C)C(NC(=O)C(CS)NC(=O)C(N)CS)C(=O)NC(CC(=O)O)C(=O)O. The van der Waals surface area contributed by atoms with Gasteiger partial charge in [-0.1, -0.05) is 13.8 Å². The van der Waals surface area contributed by atoms with Crippen molar-refractivity contribution in [2.45, 2.75) is 44.4 Å². The second kappa shape index (κ2) is 12.5. The summed E-state index contributed by atoms with van der Waals surface area (Å²) in [7, 11) is 0. The average molecular weight is 439 g/mol. The van der Waals surface area contributed by atoms with Gasteiger partial charge in [-0.2, -0.15) is 25.3 Å². The van der Waals surface area contributed by atoms with Gasteiger partial charge in [0.15, 0.2) is 0 Å². The third kappa shape index (κ3) is 8.80. The standard InChI is InChI=1S/C15H26N4O7S2/c1-6(2)11(14(24)17-8(15(25)26)3-10(20)21)19-13(23)9(5-28)18-12(22)7(16)4-27/h6-9,11,27-28H,3-5,16H2,1-2H3,(H,17,24)(H,18,22)(H,19,23)(H,20,21)(H,25,26). The topological polar surface area (TPSA) is 188 Å². The van der Waals surface area contributed by atoms with Gasteiger partial charge in [0.1, 0.15) is 18.1 Å². The van der Waals surface area contributed by atoms with Crippen LogP contribution in [0.5, 0.6) is 0 Å². The molecule has 0 rings (SSSR count). The van der Waals surface area contributed by atoms with Crippen LogP contribution in [0.3, 0.4) is 0 Å². The Labute approximate surface area is 173 Å². The van der Waals surface area contributed by atoms with Crippen molar-refractivity contribution < 1.29 is 34.2 Å². The molecule has 28 heavy (non-hydrogen) atoms. The Morgan fingerprint density at radius 3 is 1.79 bits per heavy atom. The summed E-state index contributed by atoms with van der Waals surface area (Å²) >= 11 is 7.89. The molecule has 0 bridgehead atoms. The summed E-state index contributed by atoms with van der Waals surface area (Å²) in [5, 5.41) is 24.7. The number of thiol groups is 2. The van der Waals surface area contributed by atoms with E-state index in [1.54, 1.807) is 13.8 Å². The van der Waals surface area contributed by atoms with Crippen molar-refractivity contribution in [3.8, 4) is 0 Å². The Balaban J connectivity index is 5.18. The zero-order valence-corrected chi connectivity index (χ0v) is 17.2. The van der Waals surface area contributed by atoms with E-state index in [0.29, 0.717) is 0 Å². The lowest BCUT2D eigenvalue weighted by Crippen LogP contribution is -2.59. The lowest BCUT2D eigenvalue weighted by atomic mass is 10.0. The molecule has 13 heteroatoms. The van der Waals surface area contributed by atoms with E-state index >= 15 is 0 Å². The molecule has 0 heterocycles. The van der Waals surface area contributed by atoms with Gasteiger partial charge in [0.25, 0.3) is 0 Å². The number of carboxylic acids is 2. The van der Waals surface area contributed by atoms with Crippen LogP contribution in [0.2, 0.25) is 0 Å². The first kappa shape index (κ1) is 26.0. The minimum absolute atomic E-state index is 0.0594. The quantitative estimate of drug-likeness (QED) is 0.158. The molecule has 0 fully saturated rings.